The highest BCUT2D eigenvalue weighted by Gasteiger charge is 2.32. The van der Waals surface area contributed by atoms with Gasteiger partial charge in [0, 0.05) is 37.2 Å². The number of aromatic amines is 1. The van der Waals surface area contributed by atoms with Gasteiger partial charge in [-0.15, -0.1) is 0 Å². The number of hydrogen-bond donors (Lipinski definition) is 2. The number of nitrogens with zero attached hydrogens (tertiary/aromatic N) is 2. The zero-order chi connectivity index (χ0) is 24.2. The average molecular weight is 483 g/mol. The molecule has 0 bridgehead atoms. The number of halogens is 3. The summed E-state index contributed by atoms with van der Waals surface area (Å²) in [6.07, 6.45) is -1.61. The minimum atomic E-state index is -4.53. The predicted molar refractivity (Wildman–Crippen MR) is 118 cm³/mol. The van der Waals surface area contributed by atoms with Gasteiger partial charge in [-0.25, -0.2) is 4.98 Å². The van der Waals surface area contributed by atoms with Crippen LogP contribution >= 0.6 is 11.8 Å². The summed E-state index contributed by atoms with van der Waals surface area (Å²) in [5.74, 6) is -0.528. The van der Waals surface area contributed by atoms with Crippen molar-refractivity contribution in [2.24, 2.45) is 0 Å². The molecule has 1 aromatic carbocycles. The molecular weight excluding hydrogens is 457 g/mol. The highest BCUT2D eigenvalue weighted by Crippen LogP contribution is 2.31. The topological polar surface area (TPSA) is 95.2 Å². The van der Waals surface area contributed by atoms with Crippen molar-refractivity contribution < 1.29 is 22.8 Å². The van der Waals surface area contributed by atoms with Gasteiger partial charge in [-0.3, -0.25) is 14.4 Å². The third-order valence-electron chi connectivity index (χ3n) is 5.52. The van der Waals surface area contributed by atoms with Crippen molar-refractivity contribution in [1.29, 1.82) is 0 Å². The number of likely N-dealkylation sites (tertiary alicyclic amines) is 1. The van der Waals surface area contributed by atoms with Crippen LogP contribution in [0.3, 0.4) is 0 Å². The number of aromatic nitrogens is 2. The lowest BCUT2D eigenvalue weighted by molar-refractivity contribution is -0.137. The number of nitrogens with one attached hydrogen (secondary N) is 2. The van der Waals surface area contributed by atoms with Gasteiger partial charge >= 0.3 is 6.18 Å². The monoisotopic (exact) mass is 482 g/mol. The van der Waals surface area contributed by atoms with E-state index in [2.05, 4.69) is 15.3 Å². The molecular formula is C22H25F3N4O3S. The minimum Gasteiger partial charge on any atom is -0.347 e. The molecule has 1 unspecified atom stereocenters. The molecule has 11 heteroatoms. The molecule has 178 valence electrons. The molecule has 7 nitrogen and oxygen atoms in total. The van der Waals surface area contributed by atoms with E-state index >= 15 is 0 Å². The molecule has 1 aliphatic rings. The van der Waals surface area contributed by atoms with Gasteiger partial charge in [0.05, 0.1) is 11.6 Å². The van der Waals surface area contributed by atoms with Crippen LogP contribution in [-0.2, 0) is 22.2 Å². The lowest BCUT2D eigenvalue weighted by Crippen LogP contribution is -2.39. The van der Waals surface area contributed by atoms with E-state index in [1.165, 1.54) is 23.9 Å². The Balaban J connectivity index is 1.77. The van der Waals surface area contributed by atoms with Crippen LogP contribution in [0.4, 0.5) is 13.2 Å². The molecule has 1 aliphatic heterocycles. The molecule has 0 saturated carbocycles. The van der Waals surface area contributed by atoms with E-state index in [0.717, 1.165) is 12.1 Å². The van der Waals surface area contributed by atoms with Crippen LogP contribution in [0, 0.1) is 6.92 Å². The molecule has 2 aromatic rings. The normalized spacial score (nSPS) is 15.1. The standard InChI is InChI=1S/C22H25F3N4O3S/c1-13-16(20(32)28-21(26-13)33-2)8-9-18(30)27-17(12-29-10-4-7-19(29)31)14-5-3-6-15(11-14)22(23,24)25/h3,5-6,11,17H,4,7-10,12H2,1-2H3,(H,27,30)(H,26,28,32). The first-order valence-electron chi connectivity index (χ1n) is 10.5. The Hall–Kier alpha value is -2.82. The van der Waals surface area contributed by atoms with Gasteiger partial charge in [0.2, 0.25) is 11.8 Å². The summed E-state index contributed by atoms with van der Waals surface area (Å²) >= 11 is 1.30. The third kappa shape index (κ3) is 6.37. The van der Waals surface area contributed by atoms with Crippen molar-refractivity contribution in [2.45, 2.75) is 50.0 Å². The zero-order valence-electron chi connectivity index (χ0n) is 18.3. The van der Waals surface area contributed by atoms with E-state index in [9.17, 15) is 27.6 Å². The smallest absolute Gasteiger partial charge is 0.347 e. The molecule has 3 rings (SSSR count). The minimum absolute atomic E-state index is 0.0480. The number of benzene rings is 1. The van der Waals surface area contributed by atoms with Crippen molar-refractivity contribution in [3.05, 3.63) is 57.0 Å². The third-order valence-corrected chi connectivity index (χ3v) is 6.10. The van der Waals surface area contributed by atoms with Crippen LogP contribution in [-0.4, -0.2) is 46.0 Å². The molecule has 0 aliphatic carbocycles. The Kier molecular flexibility index (Phi) is 7.83. The van der Waals surface area contributed by atoms with E-state index < -0.39 is 23.7 Å². The highest BCUT2D eigenvalue weighted by atomic mass is 32.2. The second kappa shape index (κ2) is 10.4. The summed E-state index contributed by atoms with van der Waals surface area (Å²) in [7, 11) is 0. The Morgan fingerprint density at radius 3 is 2.70 bits per heavy atom. The Morgan fingerprint density at radius 2 is 2.09 bits per heavy atom. The summed E-state index contributed by atoms with van der Waals surface area (Å²) in [6, 6.07) is 3.93. The fourth-order valence-corrected chi connectivity index (χ4v) is 4.19. The number of hydrogen-bond acceptors (Lipinski definition) is 5. The second-order valence-corrected chi connectivity index (χ2v) is 8.62. The predicted octanol–water partition coefficient (Wildman–Crippen LogP) is 3.23. The Bertz CT molecular complexity index is 1090. The van der Waals surface area contributed by atoms with Crippen LogP contribution < -0.4 is 10.9 Å². The number of thioether (sulfide) groups is 1. The lowest BCUT2D eigenvalue weighted by atomic mass is 10.0. The summed E-state index contributed by atoms with van der Waals surface area (Å²) < 4.78 is 39.6. The van der Waals surface area contributed by atoms with Gasteiger partial charge in [-0.1, -0.05) is 23.9 Å². The van der Waals surface area contributed by atoms with Crippen LogP contribution in [0.5, 0.6) is 0 Å². The zero-order valence-corrected chi connectivity index (χ0v) is 19.1. The van der Waals surface area contributed by atoms with Crippen molar-refractivity contribution in [3.63, 3.8) is 0 Å². The van der Waals surface area contributed by atoms with E-state index in [0.29, 0.717) is 35.8 Å². The summed E-state index contributed by atoms with van der Waals surface area (Å²) in [4.78, 5) is 45.5. The van der Waals surface area contributed by atoms with Gasteiger partial charge < -0.3 is 15.2 Å². The van der Waals surface area contributed by atoms with Gasteiger partial charge in [0.15, 0.2) is 5.16 Å². The van der Waals surface area contributed by atoms with Gasteiger partial charge in [0.25, 0.3) is 5.56 Å². The van der Waals surface area contributed by atoms with Crippen LogP contribution in [0.2, 0.25) is 0 Å². The Labute approximate surface area is 193 Å². The fourth-order valence-electron chi connectivity index (χ4n) is 3.76. The van der Waals surface area contributed by atoms with E-state index in [1.807, 2.05) is 0 Å². The first-order valence-corrected chi connectivity index (χ1v) is 11.7. The molecule has 1 saturated heterocycles. The summed E-state index contributed by atoms with van der Waals surface area (Å²) in [5.41, 5.74) is 0.0185. The maximum absolute atomic E-state index is 13.2. The van der Waals surface area contributed by atoms with E-state index in [1.54, 1.807) is 18.1 Å². The van der Waals surface area contributed by atoms with Crippen LogP contribution in [0.15, 0.2) is 34.2 Å². The molecule has 0 spiro atoms. The first-order chi connectivity index (χ1) is 15.6. The average Bonchev–Trinajstić information content (AvgIpc) is 3.16. The number of carbonyl (C=O) groups excluding carboxylic acids is 2. The molecule has 33 heavy (non-hydrogen) atoms. The molecule has 0 radical (unpaired) electrons. The largest absolute Gasteiger partial charge is 0.416 e. The number of amides is 2. The number of carbonyl (C=O) groups is 2. The molecule has 2 heterocycles. The molecule has 1 aromatic heterocycles. The number of H-pyrrole nitrogens is 1. The SMILES string of the molecule is CSc1nc(C)c(CCC(=O)NC(CN2CCCC2=O)c2cccc(C(F)(F)F)c2)c(=O)[nH]1. The van der Waals surface area contributed by atoms with E-state index in [-0.39, 0.29) is 36.4 Å². The van der Waals surface area contributed by atoms with Crippen LogP contribution in [0.1, 0.15) is 47.7 Å². The van der Waals surface area contributed by atoms with Gasteiger partial charge in [-0.2, -0.15) is 13.2 Å². The van der Waals surface area contributed by atoms with Crippen molar-refractivity contribution in [2.75, 3.05) is 19.3 Å². The van der Waals surface area contributed by atoms with Crippen molar-refractivity contribution in [3.8, 4) is 0 Å². The molecule has 1 fully saturated rings. The van der Waals surface area contributed by atoms with Gasteiger partial charge in [0.1, 0.15) is 0 Å². The van der Waals surface area contributed by atoms with Crippen molar-refractivity contribution >= 4 is 23.6 Å². The number of rotatable bonds is 8. The summed E-state index contributed by atoms with van der Waals surface area (Å²) in [6.45, 7) is 2.26. The quantitative estimate of drug-likeness (QED) is 0.445. The number of aryl methyl sites for hydroxylation is 1. The lowest BCUT2D eigenvalue weighted by Gasteiger charge is -2.26. The maximum atomic E-state index is 13.2. The Morgan fingerprint density at radius 1 is 1.33 bits per heavy atom. The van der Waals surface area contributed by atoms with E-state index in [4.69, 9.17) is 0 Å². The second-order valence-electron chi connectivity index (χ2n) is 7.83. The molecule has 2 amide bonds. The maximum Gasteiger partial charge on any atom is 0.416 e. The van der Waals surface area contributed by atoms with Crippen molar-refractivity contribution in [1.82, 2.24) is 20.2 Å². The molecule has 2 N–H and O–H groups in total. The highest BCUT2D eigenvalue weighted by molar-refractivity contribution is 7.98. The first kappa shape index (κ1) is 24.8. The number of alkyl halides is 3. The van der Waals surface area contributed by atoms with Gasteiger partial charge in [-0.05, 0) is 43.7 Å². The summed E-state index contributed by atoms with van der Waals surface area (Å²) in [5, 5.41) is 3.23. The fraction of sp³-hybridized carbons (Fsp3) is 0.455. The van der Waals surface area contributed by atoms with Crippen LogP contribution in [0.25, 0.3) is 0 Å². The molecule has 1 atom stereocenters.